The van der Waals surface area contributed by atoms with E-state index in [1.807, 2.05) is 14.1 Å². The van der Waals surface area contributed by atoms with Gasteiger partial charge in [0.15, 0.2) is 0 Å². The van der Waals surface area contributed by atoms with Crippen LogP contribution in [-0.2, 0) is 4.79 Å². The third kappa shape index (κ3) is 2.80. The molecule has 3 heterocycles. The first-order valence-corrected chi connectivity index (χ1v) is 9.37. The summed E-state index contributed by atoms with van der Waals surface area (Å²) < 4.78 is 0. The standard InChI is InChI=1S/C20H28N4O/c1-22(2)15-6-7-18-16(13-15)19(17-5-4-10-21-17)20(25)24(18)14-8-11-23(3)12-9-14/h6-7,13-14,21H,4-5,8-12H2,1-3H3/b19-17-. The number of carbonyl (C=O) groups is 1. The lowest BCUT2D eigenvalue weighted by Crippen LogP contribution is -2.45. The highest BCUT2D eigenvalue weighted by molar-refractivity contribution is 6.33. The summed E-state index contributed by atoms with van der Waals surface area (Å²) >= 11 is 0. The van der Waals surface area contributed by atoms with E-state index in [4.69, 9.17) is 0 Å². The molecule has 1 amide bonds. The molecule has 3 aliphatic rings. The third-order valence-corrected chi connectivity index (χ3v) is 5.76. The van der Waals surface area contributed by atoms with Gasteiger partial charge in [0.1, 0.15) is 0 Å². The lowest BCUT2D eigenvalue weighted by atomic mass is 10.0. The van der Waals surface area contributed by atoms with E-state index in [1.54, 1.807) is 0 Å². The van der Waals surface area contributed by atoms with Gasteiger partial charge in [-0.05, 0) is 64.0 Å². The summed E-state index contributed by atoms with van der Waals surface area (Å²) in [7, 11) is 6.26. The number of anilines is 2. The van der Waals surface area contributed by atoms with Gasteiger partial charge < -0.3 is 20.0 Å². The van der Waals surface area contributed by atoms with E-state index in [0.29, 0.717) is 6.04 Å². The van der Waals surface area contributed by atoms with Gasteiger partial charge in [0, 0.05) is 43.6 Å². The minimum atomic E-state index is 0.199. The van der Waals surface area contributed by atoms with Crippen LogP contribution < -0.4 is 15.1 Å². The summed E-state index contributed by atoms with van der Waals surface area (Å²) in [6.45, 7) is 3.09. The number of hydrogen-bond donors (Lipinski definition) is 1. The van der Waals surface area contributed by atoms with Crippen molar-refractivity contribution in [3.63, 3.8) is 0 Å². The van der Waals surface area contributed by atoms with Crippen molar-refractivity contribution in [3.8, 4) is 0 Å². The smallest absolute Gasteiger partial charge is 0.260 e. The molecule has 25 heavy (non-hydrogen) atoms. The summed E-state index contributed by atoms with van der Waals surface area (Å²) in [5, 5.41) is 3.46. The van der Waals surface area contributed by atoms with E-state index < -0.39 is 0 Å². The van der Waals surface area contributed by atoms with Crippen molar-refractivity contribution in [2.45, 2.75) is 31.7 Å². The molecule has 4 rings (SSSR count). The zero-order valence-corrected chi connectivity index (χ0v) is 15.5. The molecule has 1 aromatic rings. The molecular formula is C20H28N4O. The topological polar surface area (TPSA) is 38.8 Å². The van der Waals surface area contributed by atoms with E-state index in [1.165, 1.54) is 0 Å². The van der Waals surface area contributed by atoms with Crippen LogP contribution in [0.5, 0.6) is 0 Å². The number of nitrogens with zero attached hydrogens (tertiary/aromatic N) is 3. The van der Waals surface area contributed by atoms with Crippen LogP contribution in [0, 0.1) is 0 Å². The van der Waals surface area contributed by atoms with Crippen LogP contribution in [0.4, 0.5) is 11.4 Å². The molecule has 2 saturated heterocycles. The summed E-state index contributed by atoms with van der Waals surface area (Å²) in [6, 6.07) is 6.77. The van der Waals surface area contributed by atoms with Gasteiger partial charge in [0.05, 0.1) is 11.3 Å². The highest BCUT2D eigenvalue weighted by Crippen LogP contribution is 2.43. The molecule has 0 saturated carbocycles. The average molecular weight is 340 g/mol. The van der Waals surface area contributed by atoms with Gasteiger partial charge in [-0.15, -0.1) is 0 Å². The molecule has 5 heteroatoms. The van der Waals surface area contributed by atoms with Gasteiger partial charge in [-0.1, -0.05) is 0 Å². The minimum Gasteiger partial charge on any atom is -0.388 e. The van der Waals surface area contributed by atoms with E-state index in [2.05, 4.69) is 45.3 Å². The number of hydrogen-bond acceptors (Lipinski definition) is 4. The predicted octanol–water partition coefficient (Wildman–Crippen LogP) is 2.29. The molecule has 0 atom stereocenters. The third-order valence-electron chi connectivity index (χ3n) is 5.76. The second-order valence-electron chi connectivity index (χ2n) is 7.69. The second kappa shape index (κ2) is 6.37. The van der Waals surface area contributed by atoms with Crippen molar-refractivity contribution in [2.24, 2.45) is 0 Å². The van der Waals surface area contributed by atoms with Gasteiger partial charge in [0.25, 0.3) is 5.91 Å². The Morgan fingerprint density at radius 1 is 1.20 bits per heavy atom. The first kappa shape index (κ1) is 16.5. The highest BCUT2D eigenvalue weighted by atomic mass is 16.2. The van der Waals surface area contributed by atoms with Crippen LogP contribution in [0.2, 0.25) is 0 Å². The van der Waals surface area contributed by atoms with Gasteiger partial charge >= 0.3 is 0 Å². The molecule has 0 spiro atoms. The molecule has 5 nitrogen and oxygen atoms in total. The maximum atomic E-state index is 13.4. The first-order chi connectivity index (χ1) is 12.1. The molecule has 134 valence electrons. The lowest BCUT2D eigenvalue weighted by Gasteiger charge is -2.35. The Balaban J connectivity index is 1.78. The predicted molar refractivity (Wildman–Crippen MR) is 103 cm³/mol. The molecule has 0 unspecified atom stereocenters. The fourth-order valence-electron chi connectivity index (χ4n) is 4.27. The van der Waals surface area contributed by atoms with E-state index in [-0.39, 0.29) is 5.91 Å². The number of fused-ring (bicyclic) bond motifs is 1. The van der Waals surface area contributed by atoms with Crippen LogP contribution in [0.15, 0.2) is 23.9 Å². The maximum absolute atomic E-state index is 13.4. The number of nitrogens with one attached hydrogen (secondary N) is 1. The number of amides is 1. The Bertz CT molecular complexity index is 708. The second-order valence-corrected chi connectivity index (χ2v) is 7.69. The highest BCUT2D eigenvalue weighted by Gasteiger charge is 2.40. The molecule has 0 bridgehead atoms. The number of carbonyl (C=O) groups excluding carboxylic acids is 1. The molecule has 0 aliphatic carbocycles. The summed E-state index contributed by atoms with van der Waals surface area (Å²) in [5.41, 5.74) is 5.40. The van der Waals surface area contributed by atoms with Crippen LogP contribution in [-0.4, -0.2) is 57.6 Å². The lowest BCUT2D eigenvalue weighted by molar-refractivity contribution is -0.113. The quantitative estimate of drug-likeness (QED) is 0.839. The first-order valence-electron chi connectivity index (χ1n) is 9.37. The number of benzene rings is 1. The normalized spacial score (nSPS) is 24.6. The molecular weight excluding hydrogens is 312 g/mol. The largest absolute Gasteiger partial charge is 0.388 e. The van der Waals surface area contributed by atoms with Gasteiger partial charge in [-0.25, -0.2) is 0 Å². The summed E-state index contributed by atoms with van der Waals surface area (Å²) in [4.78, 5) is 20.0. The van der Waals surface area contributed by atoms with Crippen molar-refractivity contribution in [3.05, 3.63) is 29.5 Å². The molecule has 1 N–H and O–H groups in total. The minimum absolute atomic E-state index is 0.199. The van der Waals surface area contributed by atoms with Gasteiger partial charge in [-0.3, -0.25) is 4.79 Å². The Labute approximate surface area is 150 Å². The van der Waals surface area contributed by atoms with Crippen molar-refractivity contribution >= 4 is 22.9 Å². The Kier molecular flexibility index (Phi) is 4.20. The fraction of sp³-hybridized carbons (Fsp3) is 0.550. The van der Waals surface area contributed by atoms with Crippen LogP contribution in [0.1, 0.15) is 31.2 Å². The van der Waals surface area contributed by atoms with Crippen molar-refractivity contribution < 1.29 is 4.79 Å². The Hall–Kier alpha value is -2.01. The van der Waals surface area contributed by atoms with Crippen molar-refractivity contribution in [1.82, 2.24) is 10.2 Å². The summed E-state index contributed by atoms with van der Waals surface area (Å²) in [5.74, 6) is 0.199. The van der Waals surface area contributed by atoms with E-state index >= 15 is 0 Å². The van der Waals surface area contributed by atoms with Crippen molar-refractivity contribution in [2.75, 3.05) is 50.6 Å². The number of allylic oxidation sites excluding steroid dienone is 1. The monoisotopic (exact) mass is 340 g/mol. The molecule has 2 fully saturated rings. The number of piperidine rings is 1. The Morgan fingerprint density at radius 2 is 1.96 bits per heavy atom. The summed E-state index contributed by atoms with van der Waals surface area (Å²) in [6.07, 6.45) is 4.19. The average Bonchev–Trinajstić information content (AvgIpc) is 3.20. The SMILES string of the molecule is CN1CCC(N2C(=O)/C(=C3/CCCN3)c3cc(N(C)C)ccc32)CC1. The Morgan fingerprint density at radius 3 is 2.60 bits per heavy atom. The van der Waals surface area contributed by atoms with Crippen LogP contribution in [0.25, 0.3) is 5.57 Å². The maximum Gasteiger partial charge on any atom is 0.260 e. The van der Waals surface area contributed by atoms with Gasteiger partial charge in [0.2, 0.25) is 0 Å². The zero-order chi connectivity index (χ0) is 17.6. The zero-order valence-electron chi connectivity index (χ0n) is 15.5. The molecule has 0 radical (unpaired) electrons. The number of rotatable bonds is 2. The van der Waals surface area contributed by atoms with E-state index in [9.17, 15) is 4.79 Å². The number of likely N-dealkylation sites (tertiary alicyclic amines) is 1. The molecule has 3 aliphatic heterocycles. The van der Waals surface area contributed by atoms with Gasteiger partial charge in [-0.2, -0.15) is 0 Å². The van der Waals surface area contributed by atoms with Crippen LogP contribution >= 0.6 is 0 Å². The van der Waals surface area contributed by atoms with Crippen LogP contribution in [0.3, 0.4) is 0 Å². The van der Waals surface area contributed by atoms with Crippen molar-refractivity contribution in [1.29, 1.82) is 0 Å². The molecule has 1 aromatic carbocycles. The fourth-order valence-corrected chi connectivity index (χ4v) is 4.27. The van der Waals surface area contributed by atoms with E-state index in [0.717, 1.165) is 73.5 Å². The molecule has 0 aromatic heterocycles.